The van der Waals surface area contributed by atoms with E-state index in [0.717, 1.165) is 16.0 Å². The van der Waals surface area contributed by atoms with Crippen LogP contribution >= 0.6 is 11.8 Å². The summed E-state index contributed by atoms with van der Waals surface area (Å²) in [5.41, 5.74) is 8.56. The molecule has 30 heavy (non-hydrogen) atoms. The Morgan fingerprint density at radius 1 is 1.10 bits per heavy atom. The van der Waals surface area contributed by atoms with Gasteiger partial charge in [-0.3, -0.25) is 9.36 Å². The summed E-state index contributed by atoms with van der Waals surface area (Å²) in [6.45, 7) is 0.309. The van der Waals surface area contributed by atoms with Crippen LogP contribution in [-0.2, 0) is 22.5 Å². The van der Waals surface area contributed by atoms with Crippen molar-refractivity contribution in [3.8, 4) is 6.01 Å². The lowest BCUT2D eigenvalue weighted by atomic mass is 10.1. The molecule has 0 aliphatic rings. The quantitative estimate of drug-likeness (QED) is 0.360. The molecule has 4 aromatic rings. The Kier molecular flexibility index (Phi) is 5.53. The number of rotatable bonds is 6. The zero-order valence-electron chi connectivity index (χ0n) is 16.1. The van der Waals surface area contributed by atoms with E-state index < -0.39 is 0 Å². The molecule has 0 spiro atoms. The van der Waals surface area contributed by atoms with Gasteiger partial charge in [-0.15, -0.1) is 0 Å². The fraction of sp³-hybridized carbons (Fsp3) is 0.143. The molecule has 0 fully saturated rings. The summed E-state index contributed by atoms with van der Waals surface area (Å²) in [6, 6.07) is 17.0. The van der Waals surface area contributed by atoms with Gasteiger partial charge >= 0.3 is 5.97 Å². The van der Waals surface area contributed by atoms with E-state index in [1.54, 1.807) is 4.57 Å². The highest BCUT2D eigenvalue weighted by Crippen LogP contribution is 2.30. The van der Waals surface area contributed by atoms with E-state index >= 15 is 0 Å². The molecule has 0 aliphatic carbocycles. The number of anilines is 1. The van der Waals surface area contributed by atoms with E-state index in [2.05, 4.69) is 15.0 Å². The highest BCUT2D eigenvalue weighted by Gasteiger charge is 2.17. The molecule has 2 aromatic carbocycles. The molecule has 0 unspecified atom stereocenters. The van der Waals surface area contributed by atoms with E-state index in [-0.39, 0.29) is 24.2 Å². The zero-order chi connectivity index (χ0) is 21.1. The first kappa shape index (κ1) is 19.7. The Balaban J connectivity index is 1.68. The molecule has 0 aliphatic heterocycles. The van der Waals surface area contributed by atoms with Gasteiger partial charge in [-0.2, -0.15) is 4.98 Å². The lowest BCUT2D eigenvalue weighted by Crippen LogP contribution is -2.06. The highest BCUT2D eigenvalue weighted by molar-refractivity contribution is 7.99. The largest absolute Gasteiger partial charge is 0.480 e. The predicted octanol–water partition coefficient (Wildman–Crippen LogP) is 3.03. The first-order valence-corrected chi connectivity index (χ1v) is 9.95. The Morgan fingerprint density at radius 3 is 2.63 bits per heavy atom. The SMILES string of the molecule is COC(=O)Cc1cccc(Cn2c(O)nc3c(N)nc(Sc4ccccc4)nc32)c1. The molecule has 8 nitrogen and oxygen atoms in total. The number of carbonyl (C=O) groups excluding carboxylic acids is 1. The number of carbonyl (C=O) groups is 1. The number of hydrogen-bond donors (Lipinski definition) is 2. The topological polar surface area (TPSA) is 116 Å². The third-order valence-electron chi connectivity index (χ3n) is 4.44. The van der Waals surface area contributed by atoms with Gasteiger partial charge in [0.1, 0.15) is 0 Å². The first-order valence-electron chi connectivity index (χ1n) is 9.13. The molecule has 0 bridgehead atoms. The minimum absolute atomic E-state index is 0.175. The number of hydrogen-bond acceptors (Lipinski definition) is 8. The Bertz CT molecular complexity index is 1210. The van der Waals surface area contributed by atoms with Crippen LogP contribution in [0.1, 0.15) is 11.1 Å². The van der Waals surface area contributed by atoms with Crippen LogP contribution in [0.5, 0.6) is 6.01 Å². The van der Waals surface area contributed by atoms with Crippen molar-refractivity contribution in [2.24, 2.45) is 0 Å². The van der Waals surface area contributed by atoms with Crippen molar-refractivity contribution in [2.75, 3.05) is 12.8 Å². The van der Waals surface area contributed by atoms with Gasteiger partial charge in [-0.1, -0.05) is 42.5 Å². The number of fused-ring (bicyclic) bond motifs is 1. The number of aromatic nitrogens is 4. The van der Waals surface area contributed by atoms with Crippen LogP contribution < -0.4 is 5.73 Å². The molecule has 2 heterocycles. The summed E-state index contributed by atoms with van der Waals surface area (Å²) in [5, 5.41) is 10.9. The third-order valence-corrected chi connectivity index (χ3v) is 5.31. The van der Waals surface area contributed by atoms with Gasteiger partial charge in [0.05, 0.1) is 20.1 Å². The standard InChI is InChI=1S/C21H19N5O3S/c1-29-16(27)11-13-6-5-7-14(10-13)12-26-19-17(23-21(26)28)18(22)24-20(25-19)30-15-8-3-2-4-9-15/h2-10H,11-12H2,1H3,(H,23,28)(H2,22,24,25). The van der Waals surface area contributed by atoms with Gasteiger partial charge in [-0.25, -0.2) is 9.97 Å². The highest BCUT2D eigenvalue weighted by atomic mass is 32.2. The molecular weight excluding hydrogens is 402 g/mol. The number of ether oxygens (including phenoxy) is 1. The summed E-state index contributed by atoms with van der Waals surface area (Å²) in [7, 11) is 1.36. The lowest BCUT2D eigenvalue weighted by molar-refractivity contribution is -0.139. The van der Waals surface area contributed by atoms with Crippen molar-refractivity contribution >= 4 is 34.7 Å². The van der Waals surface area contributed by atoms with Gasteiger partial charge in [0.25, 0.3) is 6.01 Å². The number of aromatic hydroxyl groups is 1. The molecule has 9 heteroatoms. The number of esters is 1. The predicted molar refractivity (Wildman–Crippen MR) is 113 cm³/mol. The van der Waals surface area contributed by atoms with Crippen molar-refractivity contribution < 1.29 is 14.6 Å². The minimum atomic E-state index is -0.314. The van der Waals surface area contributed by atoms with Crippen LogP contribution in [-0.4, -0.2) is 37.7 Å². The number of methoxy groups -OCH3 is 1. The van der Waals surface area contributed by atoms with Crippen LogP contribution in [0.4, 0.5) is 5.82 Å². The van der Waals surface area contributed by atoms with Crippen molar-refractivity contribution in [3.63, 3.8) is 0 Å². The molecule has 0 amide bonds. The monoisotopic (exact) mass is 421 g/mol. The average Bonchev–Trinajstić information content (AvgIpc) is 3.05. The molecule has 4 rings (SSSR count). The molecule has 3 N–H and O–H groups in total. The minimum Gasteiger partial charge on any atom is -0.480 e. The number of imidazole rings is 1. The summed E-state index contributed by atoms with van der Waals surface area (Å²) in [5.74, 6) is -0.113. The molecule has 0 atom stereocenters. The molecule has 2 aromatic heterocycles. The second-order valence-electron chi connectivity index (χ2n) is 6.55. The fourth-order valence-electron chi connectivity index (χ4n) is 3.03. The van der Waals surface area contributed by atoms with Crippen molar-refractivity contribution in [2.45, 2.75) is 23.0 Å². The second kappa shape index (κ2) is 8.42. The lowest BCUT2D eigenvalue weighted by Gasteiger charge is -2.08. The van der Waals surface area contributed by atoms with E-state index in [1.165, 1.54) is 18.9 Å². The maximum atomic E-state index is 11.6. The molecular formula is C21H19N5O3S. The van der Waals surface area contributed by atoms with Crippen LogP contribution in [0.3, 0.4) is 0 Å². The van der Waals surface area contributed by atoms with Crippen molar-refractivity contribution in [3.05, 3.63) is 65.7 Å². The zero-order valence-corrected chi connectivity index (χ0v) is 17.0. The van der Waals surface area contributed by atoms with Gasteiger partial charge in [0.2, 0.25) is 0 Å². The molecule has 0 radical (unpaired) electrons. The van der Waals surface area contributed by atoms with Crippen LogP contribution in [0.25, 0.3) is 11.2 Å². The maximum Gasteiger partial charge on any atom is 0.309 e. The Morgan fingerprint density at radius 2 is 1.87 bits per heavy atom. The van der Waals surface area contributed by atoms with Crippen molar-refractivity contribution in [1.29, 1.82) is 0 Å². The number of nitrogen functional groups attached to an aromatic ring is 1. The van der Waals surface area contributed by atoms with Gasteiger partial charge in [0, 0.05) is 4.90 Å². The summed E-state index contributed by atoms with van der Waals surface area (Å²) in [4.78, 5) is 25.5. The van der Waals surface area contributed by atoms with Crippen LogP contribution in [0, 0.1) is 0 Å². The van der Waals surface area contributed by atoms with E-state index in [1.807, 2.05) is 54.6 Å². The van der Waals surface area contributed by atoms with Gasteiger partial charge in [-0.05, 0) is 35.0 Å². The normalized spacial score (nSPS) is 11.0. The van der Waals surface area contributed by atoms with Crippen molar-refractivity contribution in [1.82, 2.24) is 19.5 Å². The van der Waals surface area contributed by atoms with E-state index in [9.17, 15) is 9.90 Å². The molecule has 152 valence electrons. The smallest absolute Gasteiger partial charge is 0.309 e. The second-order valence-corrected chi connectivity index (χ2v) is 7.59. The third kappa shape index (κ3) is 4.20. The number of benzene rings is 2. The van der Waals surface area contributed by atoms with E-state index in [0.29, 0.717) is 22.9 Å². The molecule has 0 saturated carbocycles. The maximum absolute atomic E-state index is 11.6. The fourth-order valence-corrected chi connectivity index (χ4v) is 3.81. The summed E-state index contributed by atoms with van der Waals surface area (Å²) < 4.78 is 6.29. The Hall–Kier alpha value is -3.59. The van der Waals surface area contributed by atoms with E-state index in [4.69, 9.17) is 10.5 Å². The number of nitrogens with two attached hydrogens (primary N) is 1. The first-order chi connectivity index (χ1) is 14.5. The molecule has 0 saturated heterocycles. The summed E-state index contributed by atoms with van der Waals surface area (Å²) >= 11 is 1.38. The van der Waals surface area contributed by atoms with Crippen LogP contribution in [0.15, 0.2) is 64.6 Å². The van der Waals surface area contributed by atoms with Crippen LogP contribution in [0.2, 0.25) is 0 Å². The Labute approximate surface area is 176 Å². The number of nitrogens with zero attached hydrogens (tertiary/aromatic N) is 4. The average molecular weight is 421 g/mol. The van der Waals surface area contributed by atoms with Gasteiger partial charge in [0.15, 0.2) is 22.1 Å². The van der Waals surface area contributed by atoms with Gasteiger partial charge < -0.3 is 15.6 Å². The summed E-state index contributed by atoms with van der Waals surface area (Å²) in [6.07, 6.45) is 0.175.